The van der Waals surface area contributed by atoms with Gasteiger partial charge >= 0.3 is 0 Å². The van der Waals surface area contributed by atoms with Crippen molar-refractivity contribution in [3.63, 3.8) is 0 Å². The summed E-state index contributed by atoms with van der Waals surface area (Å²) in [6, 6.07) is 8.77. The van der Waals surface area contributed by atoms with Gasteiger partial charge in [0, 0.05) is 23.7 Å². The van der Waals surface area contributed by atoms with Gasteiger partial charge in [-0.15, -0.1) is 24.8 Å². The number of ketones is 1. The van der Waals surface area contributed by atoms with Crippen LogP contribution in [0.4, 0.5) is 5.69 Å². The average Bonchev–Trinajstić information content (AvgIpc) is 2.87. The molecule has 1 aromatic heterocycles. The van der Waals surface area contributed by atoms with Crippen molar-refractivity contribution < 1.29 is 14.7 Å². The summed E-state index contributed by atoms with van der Waals surface area (Å²) in [6.07, 6.45) is 4.93. The fraction of sp³-hybridized carbons (Fsp3) is 0.393. The lowest BCUT2D eigenvalue weighted by molar-refractivity contribution is -0.124. The van der Waals surface area contributed by atoms with Gasteiger partial charge in [-0.25, -0.2) is 0 Å². The third-order valence-electron chi connectivity index (χ3n) is 7.04. The van der Waals surface area contributed by atoms with Gasteiger partial charge in [0.25, 0.3) is 0 Å². The highest BCUT2D eigenvalue weighted by atomic mass is 35.5. The van der Waals surface area contributed by atoms with Gasteiger partial charge in [-0.1, -0.05) is 43.1 Å². The Bertz CT molecular complexity index is 1320. The number of phenols is 1. The van der Waals surface area contributed by atoms with E-state index in [2.05, 4.69) is 15.6 Å². The number of rotatable bonds is 7. The lowest BCUT2D eigenvalue weighted by atomic mass is 9.90. The molecule has 1 saturated carbocycles. The Morgan fingerprint density at radius 2 is 1.59 bits per heavy atom. The maximum Gasteiger partial charge on any atom is 0.237 e. The number of aromatic nitrogens is 1. The molecule has 11 heteroatoms. The topological polar surface area (TPSA) is 117 Å². The lowest BCUT2D eigenvalue weighted by Crippen LogP contribution is -2.49. The first-order chi connectivity index (χ1) is 17.5. The summed E-state index contributed by atoms with van der Waals surface area (Å²) in [5.74, 6) is -0.260. The Hall–Kier alpha value is -2.29. The number of amides is 1. The van der Waals surface area contributed by atoms with Gasteiger partial charge < -0.3 is 21.5 Å². The highest BCUT2D eigenvalue weighted by Crippen LogP contribution is 2.38. The first-order valence-corrected chi connectivity index (χ1v) is 13.2. The van der Waals surface area contributed by atoms with Crippen molar-refractivity contribution in [3.8, 4) is 16.9 Å². The van der Waals surface area contributed by atoms with Gasteiger partial charge in [0.05, 0.1) is 32.9 Å². The van der Waals surface area contributed by atoms with Crippen molar-refractivity contribution in [2.75, 3.05) is 5.32 Å². The number of fused-ring (bicyclic) bond motifs is 1. The molecule has 0 bridgehead atoms. The molecule has 7 nitrogen and oxygen atoms in total. The second-order valence-corrected chi connectivity index (χ2v) is 10.9. The average molecular weight is 616 g/mol. The number of carbonyl (C=O) groups is 2. The lowest BCUT2D eigenvalue weighted by Gasteiger charge is -2.32. The summed E-state index contributed by atoms with van der Waals surface area (Å²) in [6.45, 7) is 5.40. The Balaban J connectivity index is 0.00000267. The van der Waals surface area contributed by atoms with Crippen LogP contribution in [0.2, 0.25) is 10.0 Å². The number of pyridine rings is 1. The molecule has 3 aromatic rings. The molecule has 5 N–H and O–H groups in total. The van der Waals surface area contributed by atoms with E-state index in [4.69, 9.17) is 28.9 Å². The van der Waals surface area contributed by atoms with Crippen molar-refractivity contribution in [3.05, 3.63) is 52.1 Å². The molecule has 0 aliphatic heterocycles. The Kier molecular flexibility index (Phi) is 11.7. The summed E-state index contributed by atoms with van der Waals surface area (Å²) in [5.41, 5.74) is 9.57. The standard InChI is InChI=1S/C28H32Cl2N4O3.2ClH/c1-14(2)25(31)28(37)34-19-7-5-18(6-8-19)33-26-20-10-16(17-11-22(29)27(36)23(30)12-17)4-9-24(20)32-13-21(26)15(3)35;;/h4,9-14,18-19,25,36H,5-8,31H2,1-3H3,(H,32,33)(H,34,37);2*1H/t18-,19-,25?;;. The van der Waals surface area contributed by atoms with E-state index in [1.54, 1.807) is 18.3 Å². The minimum absolute atomic E-state index is 0. The fourth-order valence-corrected chi connectivity index (χ4v) is 5.20. The monoisotopic (exact) mass is 614 g/mol. The molecule has 1 atom stereocenters. The molecule has 2 aromatic carbocycles. The maximum absolute atomic E-state index is 12.5. The van der Waals surface area contributed by atoms with Crippen LogP contribution in [0, 0.1) is 5.92 Å². The van der Waals surface area contributed by atoms with E-state index in [0.29, 0.717) is 5.56 Å². The second kappa shape index (κ2) is 13.9. The van der Waals surface area contributed by atoms with Crippen LogP contribution in [0.15, 0.2) is 36.5 Å². The van der Waals surface area contributed by atoms with Crippen LogP contribution >= 0.6 is 48.0 Å². The summed E-state index contributed by atoms with van der Waals surface area (Å²) in [7, 11) is 0. The second-order valence-electron chi connectivity index (χ2n) is 10.1. The molecule has 39 heavy (non-hydrogen) atoms. The van der Waals surface area contributed by atoms with E-state index in [0.717, 1.165) is 53.4 Å². The highest BCUT2D eigenvalue weighted by Gasteiger charge is 2.26. The molecule has 1 unspecified atom stereocenters. The van der Waals surface area contributed by atoms with Crippen molar-refractivity contribution >= 4 is 76.3 Å². The summed E-state index contributed by atoms with van der Waals surface area (Å²) in [5, 5.41) is 17.8. The third-order valence-corrected chi connectivity index (χ3v) is 7.62. The summed E-state index contributed by atoms with van der Waals surface area (Å²) in [4.78, 5) is 29.4. The number of anilines is 1. The number of nitrogens with zero attached hydrogens (tertiary/aromatic N) is 1. The fourth-order valence-electron chi connectivity index (χ4n) is 4.71. The molecule has 1 aliphatic rings. The molecule has 1 amide bonds. The Morgan fingerprint density at radius 1 is 1.00 bits per heavy atom. The van der Waals surface area contributed by atoms with Crippen LogP contribution in [0.25, 0.3) is 22.0 Å². The number of hydrogen-bond donors (Lipinski definition) is 4. The molecular formula is C28H34Cl4N4O3. The molecule has 1 fully saturated rings. The molecule has 0 radical (unpaired) electrons. The van der Waals surface area contributed by atoms with Gasteiger partial charge in [-0.3, -0.25) is 14.6 Å². The number of aromatic hydroxyl groups is 1. The predicted octanol–water partition coefficient (Wildman–Crippen LogP) is 6.78. The number of Topliss-reactive ketones (excluding diaryl/α,β-unsaturated/α-hetero) is 1. The zero-order chi connectivity index (χ0) is 26.9. The van der Waals surface area contributed by atoms with Gasteiger partial charge in [-0.2, -0.15) is 0 Å². The minimum atomic E-state index is -0.510. The van der Waals surface area contributed by atoms with Crippen LogP contribution in [-0.4, -0.2) is 39.9 Å². The zero-order valence-electron chi connectivity index (χ0n) is 22.0. The highest BCUT2D eigenvalue weighted by molar-refractivity contribution is 6.37. The zero-order valence-corrected chi connectivity index (χ0v) is 25.1. The first kappa shape index (κ1) is 32.9. The SMILES string of the molecule is CC(=O)c1cnc2ccc(-c3cc(Cl)c(O)c(Cl)c3)cc2c1N[C@H]1CC[C@H](NC(=O)C(N)C(C)C)CC1.Cl.Cl. The smallest absolute Gasteiger partial charge is 0.237 e. The summed E-state index contributed by atoms with van der Waals surface area (Å²) >= 11 is 12.3. The van der Waals surface area contributed by atoms with Crippen molar-refractivity contribution in [2.24, 2.45) is 11.7 Å². The molecular weight excluding hydrogens is 582 g/mol. The van der Waals surface area contributed by atoms with Crippen LogP contribution in [0.5, 0.6) is 5.75 Å². The van der Waals surface area contributed by atoms with E-state index in [-0.39, 0.29) is 70.3 Å². The molecule has 1 heterocycles. The quantitative estimate of drug-likeness (QED) is 0.218. The molecule has 212 valence electrons. The van der Waals surface area contributed by atoms with E-state index in [9.17, 15) is 14.7 Å². The van der Waals surface area contributed by atoms with Crippen LogP contribution in [0.1, 0.15) is 56.8 Å². The molecule has 4 rings (SSSR count). The summed E-state index contributed by atoms with van der Waals surface area (Å²) < 4.78 is 0. The van der Waals surface area contributed by atoms with Gasteiger partial charge in [0.15, 0.2) is 11.5 Å². The van der Waals surface area contributed by atoms with Crippen molar-refractivity contribution in [1.82, 2.24) is 10.3 Å². The largest absolute Gasteiger partial charge is 0.505 e. The number of hydrogen-bond acceptors (Lipinski definition) is 6. The number of carbonyl (C=O) groups excluding carboxylic acids is 2. The number of benzene rings is 2. The van der Waals surface area contributed by atoms with Crippen LogP contribution < -0.4 is 16.4 Å². The van der Waals surface area contributed by atoms with Gasteiger partial charge in [0.2, 0.25) is 5.91 Å². The van der Waals surface area contributed by atoms with E-state index in [1.807, 2.05) is 32.0 Å². The number of nitrogens with two attached hydrogens (primary N) is 1. The Labute approximate surface area is 251 Å². The molecule has 0 spiro atoms. The van der Waals surface area contributed by atoms with Crippen molar-refractivity contribution in [1.29, 1.82) is 0 Å². The molecule has 0 saturated heterocycles. The van der Waals surface area contributed by atoms with Crippen LogP contribution in [0.3, 0.4) is 0 Å². The van der Waals surface area contributed by atoms with E-state index >= 15 is 0 Å². The van der Waals surface area contributed by atoms with Crippen LogP contribution in [-0.2, 0) is 4.79 Å². The number of phenolic OH excluding ortho intramolecular Hbond substituents is 1. The normalized spacial score (nSPS) is 17.6. The minimum Gasteiger partial charge on any atom is -0.505 e. The first-order valence-electron chi connectivity index (χ1n) is 12.5. The molecule has 1 aliphatic carbocycles. The van der Waals surface area contributed by atoms with E-state index < -0.39 is 6.04 Å². The third kappa shape index (κ3) is 7.47. The Morgan fingerprint density at radius 3 is 2.15 bits per heavy atom. The number of nitrogens with one attached hydrogen (secondary N) is 2. The van der Waals surface area contributed by atoms with Gasteiger partial charge in [-0.05, 0) is 73.9 Å². The van der Waals surface area contributed by atoms with Gasteiger partial charge in [0.1, 0.15) is 0 Å². The predicted molar refractivity (Wildman–Crippen MR) is 164 cm³/mol. The maximum atomic E-state index is 12.5. The van der Waals surface area contributed by atoms with Crippen molar-refractivity contribution in [2.45, 2.75) is 64.6 Å². The number of halogens is 4. The van der Waals surface area contributed by atoms with E-state index in [1.165, 1.54) is 6.92 Å².